The number of carbonyl (C=O) groups excluding carboxylic acids is 2. The number of likely N-dealkylation sites (tertiary alicyclic amines) is 1. The number of benzene rings is 3. The van der Waals surface area contributed by atoms with Gasteiger partial charge in [0.25, 0.3) is 5.91 Å². The van der Waals surface area contributed by atoms with Crippen molar-refractivity contribution < 1.29 is 14.0 Å². The predicted octanol–water partition coefficient (Wildman–Crippen LogP) is 5.65. The summed E-state index contributed by atoms with van der Waals surface area (Å²) >= 11 is 0. The predicted molar refractivity (Wildman–Crippen MR) is 176 cm³/mol. The molecule has 3 saturated heterocycles. The second kappa shape index (κ2) is 13.8. The topological polar surface area (TPSA) is 85.5 Å². The highest BCUT2D eigenvalue weighted by atomic mass is 19.1. The van der Waals surface area contributed by atoms with Crippen molar-refractivity contribution in [3.8, 4) is 0 Å². The highest BCUT2D eigenvalue weighted by Crippen LogP contribution is 2.42. The van der Waals surface area contributed by atoms with E-state index >= 15 is 0 Å². The molecule has 4 unspecified atom stereocenters. The molecule has 45 heavy (non-hydrogen) atoms. The second-order valence-electron chi connectivity index (χ2n) is 12.5. The minimum absolute atomic E-state index is 0.00247. The summed E-state index contributed by atoms with van der Waals surface area (Å²) < 4.78 is 14.7. The number of rotatable bonds is 9. The summed E-state index contributed by atoms with van der Waals surface area (Å²) in [5.74, 6) is -0.574. The van der Waals surface area contributed by atoms with Crippen LogP contribution in [0.25, 0.3) is 0 Å². The Morgan fingerprint density at radius 3 is 2.44 bits per heavy atom. The molecule has 3 aromatic carbocycles. The molecule has 0 saturated carbocycles. The van der Waals surface area contributed by atoms with Gasteiger partial charge in [0.15, 0.2) is 0 Å². The first-order valence-electron chi connectivity index (χ1n) is 16.0. The zero-order chi connectivity index (χ0) is 31.3. The van der Waals surface area contributed by atoms with Crippen LogP contribution in [0.4, 0.5) is 10.1 Å². The number of nitrogens with zero attached hydrogens (tertiary/aromatic N) is 1. The van der Waals surface area contributed by atoms with E-state index in [1.165, 1.54) is 28.8 Å². The van der Waals surface area contributed by atoms with Crippen LogP contribution in [0.2, 0.25) is 0 Å². The van der Waals surface area contributed by atoms with Gasteiger partial charge in [0.1, 0.15) is 5.82 Å². The van der Waals surface area contributed by atoms with Gasteiger partial charge in [-0.15, -0.1) is 0 Å². The van der Waals surface area contributed by atoms with Crippen LogP contribution in [-0.2, 0) is 11.3 Å². The molecule has 2 amide bonds. The Morgan fingerprint density at radius 1 is 0.978 bits per heavy atom. The standard InChI is InChI=1S/C37H42FN5O2/c1-3-24(2)40-29-13-14-30(33(38)21-29)37(45)41-28-16-19-43(20-17-28)23-25-9-11-27(12-10-25)35-31(26-7-5-4-6-8-26)22-32-34(42-35)15-18-39-36(32)44/h3-14,21,28,31-32,34-35,40,42H,1-2,15-20,22-23H2,(H,39,44)(H,41,45). The Balaban J connectivity index is 1.04. The van der Waals surface area contributed by atoms with Crippen LogP contribution in [0, 0.1) is 11.7 Å². The van der Waals surface area contributed by atoms with Crippen molar-refractivity contribution in [2.75, 3.05) is 25.0 Å². The minimum Gasteiger partial charge on any atom is -0.356 e. The van der Waals surface area contributed by atoms with Gasteiger partial charge in [0, 0.05) is 61.6 Å². The van der Waals surface area contributed by atoms with Gasteiger partial charge in [-0.3, -0.25) is 14.5 Å². The molecule has 0 aliphatic carbocycles. The Kier molecular flexibility index (Phi) is 9.42. The summed E-state index contributed by atoms with van der Waals surface area (Å²) in [6.45, 7) is 10.7. The molecular formula is C37H42FN5O2. The first-order valence-corrected chi connectivity index (χ1v) is 16.0. The smallest absolute Gasteiger partial charge is 0.254 e. The fraction of sp³-hybridized carbons (Fsp3) is 0.351. The number of hydrogen-bond acceptors (Lipinski definition) is 5. The highest BCUT2D eigenvalue weighted by Gasteiger charge is 2.42. The lowest BCUT2D eigenvalue weighted by atomic mass is 9.72. The van der Waals surface area contributed by atoms with E-state index in [1.807, 2.05) is 6.07 Å². The van der Waals surface area contributed by atoms with Crippen molar-refractivity contribution in [3.63, 3.8) is 0 Å². The second-order valence-corrected chi connectivity index (χ2v) is 12.5. The van der Waals surface area contributed by atoms with Crippen molar-refractivity contribution in [1.29, 1.82) is 0 Å². The molecule has 3 aliphatic heterocycles. The number of nitrogens with one attached hydrogen (secondary N) is 4. The van der Waals surface area contributed by atoms with E-state index in [-0.39, 0.29) is 47.3 Å². The molecule has 0 bridgehead atoms. The van der Waals surface area contributed by atoms with Gasteiger partial charge in [-0.05, 0) is 66.6 Å². The van der Waals surface area contributed by atoms with Crippen molar-refractivity contribution in [2.24, 2.45) is 5.92 Å². The lowest BCUT2D eigenvalue weighted by Gasteiger charge is -2.44. The van der Waals surface area contributed by atoms with Gasteiger partial charge in [-0.1, -0.05) is 67.8 Å². The number of hydrogen-bond donors (Lipinski definition) is 4. The van der Waals surface area contributed by atoms with Crippen LogP contribution >= 0.6 is 0 Å². The van der Waals surface area contributed by atoms with E-state index in [2.05, 4.69) is 87.9 Å². The van der Waals surface area contributed by atoms with Crippen LogP contribution in [0.1, 0.15) is 64.7 Å². The summed E-state index contributed by atoms with van der Waals surface area (Å²) in [6.07, 6.45) is 4.96. The molecular weight excluding hydrogens is 565 g/mol. The summed E-state index contributed by atoms with van der Waals surface area (Å²) in [5.41, 5.74) is 4.88. The molecule has 7 nitrogen and oxygen atoms in total. The Morgan fingerprint density at radius 2 is 1.73 bits per heavy atom. The van der Waals surface area contributed by atoms with E-state index in [1.54, 1.807) is 12.1 Å². The lowest BCUT2D eigenvalue weighted by Crippen LogP contribution is -2.56. The van der Waals surface area contributed by atoms with E-state index < -0.39 is 5.82 Å². The fourth-order valence-electron chi connectivity index (χ4n) is 7.05. The maximum absolute atomic E-state index is 14.7. The average Bonchev–Trinajstić information content (AvgIpc) is 3.06. The Hall–Kier alpha value is -4.27. The third-order valence-corrected chi connectivity index (χ3v) is 9.54. The summed E-state index contributed by atoms with van der Waals surface area (Å²) in [7, 11) is 0. The van der Waals surface area contributed by atoms with E-state index in [0.29, 0.717) is 11.4 Å². The number of amides is 2. The third kappa shape index (κ3) is 7.18. The van der Waals surface area contributed by atoms with Crippen LogP contribution < -0.4 is 21.3 Å². The molecule has 0 aromatic heterocycles. The number of halogens is 1. The van der Waals surface area contributed by atoms with Gasteiger partial charge < -0.3 is 21.3 Å². The molecule has 6 rings (SSSR count). The number of carbonyl (C=O) groups is 2. The number of anilines is 1. The van der Waals surface area contributed by atoms with Crippen molar-refractivity contribution >= 4 is 17.5 Å². The lowest BCUT2D eigenvalue weighted by molar-refractivity contribution is -0.129. The SMILES string of the molecule is C=CC(=C)Nc1ccc(C(=O)NC2CCN(Cc3ccc(C4NC5CCNC(=O)C5CC4c4ccccc4)cc3)CC2)c(F)c1. The van der Waals surface area contributed by atoms with Crippen molar-refractivity contribution in [3.05, 3.63) is 126 Å². The third-order valence-electron chi connectivity index (χ3n) is 9.54. The molecule has 0 radical (unpaired) electrons. The average molecular weight is 608 g/mol. The first-order chi connectivity index (χ1) is 21.9. The monoisotopic (exact) mass is 607 g/mol. The summed E-state index contributed by atoms with van der Waals surface area (Å²) in [4.78, 5) is 27.9. The maximum Gasteiger partial charge on any atom is 0.254 e. The number of allylic oxidation sites excluding steroid dienone is 1. The van der Waals surface area contributed by atoms with Crippen LogP contribution in [-0.4, -0.2) is 48.4 Å². The normalized spacial score (nSPS) is 23.8. The quantitative estimate of drug-likeness (QED) is 0.236. The van der Waals surface area contributed by atoms with Crippen LogP contribution in [0.15, 0.2) is 97.7 Å². The van der Waals surface area contributed by atoms with Crippen LogP contribution in [0.3, 0.4) is 0 Å². The van der Waals surface area contributed by atoms with Crippen molar-refractivity contribution in [1.82, 2.24) is 20.9 Å². The van der Waals surface area contributed by atoms with Crippen LogP contribution in [0.5, 0.6) is 0 Å². The first kappa shape index (κ1) is 30.7. The van der Waals surface area contributed by atoms with Crippen molar-refractivity contribution in [2.45, 2.75) is 56.3 Å². The van der Waals surface area contributed by atoms with Gasteiger partial charge in [0.05, 0.1) is 11.5 Å². The molecule has 234 valence electrons. The molecule has 3 heterocycles. The molecule has 3 aliphatic rings. The maximum atomic E-state index is 14.7. The molecule has 3 fully saturated rings. The van der Waals surface area contributed by atoms with Gasteiger partial charge >= 0.3 is 0 Å². The molecule has 0 spiro atoms. The molecule has 8 heteroatoms. The molecule has 4 N–H and O–H groups in total. The molecule has 3 aromatic rings. The molecule has 4 atom stereocenters. The van der Waals surface area contributed by atoms with Gasteiger partial charge in [-0.25, -0.2) is 4.39 Å². The number of fused-ring (bicyclic) bond motifs is 1. The zero-order valence-electron chi connectivity index (χ0n) is 25.6. The Labute approximate surface area is 265 Å². The van der Waals surface area contributed by atoms with Gasteiger partial charge in [0.2, 0.25) is 5.91 Å². The Bertz CT molecular complexity index is 1530. The minimum atomic E-state index is -0.571. The zero-order valence-corrected chi connectivity index (χ0v) is 25.6. The van der Waals surface area contributed by atoms with E-state index in [4.69, 9.17) is 0 Å². The summed E-state index contributed by atoms with van der Waals surface area (Å²) in [6, 6.07) is 24.3. The largest absolute Gasteiger partial charge is 0.356 e. The van der Waals surface area contributed by atoms with Gasteiger partial charge in [-0.2, -0.15) is 0 Å². The number of piperidine rings is 3. The highest BCUT2D eigenvalue weighted by molar-refractivity contribution is 5.95. The fourth-order valence-corrected chi connectivity index (χ4v) is 7.05. The van der Waals surface area contributed by atoms with E-state index in [9.17, 15) is 14.0 Å². The summed E-state index contributed by atoms with van der Waals surface area (Å²) in [5, 5.41) is 12.9. The van der Waals surface area contributed by atoms with E-state index in [0.717, 1.165) is 51.9 Å².